The molecule has 0 atom stereocenters. The van der Waals surface area contributed by atoms with Crippen molar-refractivity contribution >= 4 is 58.9 Å². The van der Waals surface area contributed by atoms with Crippen molar-refractivity contribution in [1.29, 1.82) is 0 Å². The third-order valence-corrected chi connectivity index (χ3v) is 8.84. The van der Waals surface area contributed by atoms with Gasteiger partial charge in [0.25, 0.3) is 0 Å². The van der Waals surface area contributed by atoms with Gasteiger partial charge in [0, 0.05) is 36.6 Å². The van der Waals surface area contributed by atoms with Gasteiger partial charge in [0.2, 0.25) is 0 Å². The standard InChI is InChI=1S/C37H29NS/c1-3-4-6-13-25(2)27-22-28(26-14-7-5-8-15-26)24-29(23-27)38-33-18-11-9-17-32(33)36-34(38)21-20-31-30-16-10-12-19-35(30)39-37(31)36/h4-24H,3H2,1-2H3/b6-4-,25-13+. The van der Waals surface area contributed by atoms with Crippen molar-refractivity contribution in [2.24, 2.45) is 0 Å². The van der Waals surface area contributed by atoms with E-state index in [9.17, 15) is 0 Å². The number of hydrogen-bond donors (Lipinski definition) is 0. The molecule has 5 aromatic carbocycles. The molecular weight excluding hydrogens is 490 g/mol. The van der Waals surface area contributed by atoms with E-state index in [2.05, 4.69) is 146 Å². The molecule has 2 heterocycles. The van der Waals surface area contributed by atoms with E-state index in [-0.39, 0.29) is 0 Å². The maximum Gasteiger partial charge on any atom is 0.0555 e. The van der Waals surface area contributed by atoms with Gasteiger partial charge in [0.05, 0.1) is 11.0 Å². The molecule has 0 saturated heterocycles. The fraction of sp³-hybridized carbons (Fsp3) is 0.0811. The zero-order valence-electron chi connectivity index (χ0n) is 22.2. The van der Waals surface area contributed by atoms with Crippen LogP contribution in [0, 0.1) is 0 Å². The number of fused-ring (bicyclic) bond motifs is 7. The first-order valence-corrected chi connectivity index (χ1v) is 14.4. The second-order valence-electron chi connectivity index (χ2n) is 10.1. The predicted molar refractivity (Wildman–Crippen MR) is 172 cm³/mol. The Bertz CT molecular complexity index is 2050. The van der Waals surface area contributed by atoms with Crippen LogP contribution in [0.2, 0.25) is 0 Å². The molecule has 2 heteroatoms. The SMILES string of the molecule is CC/C=C\C=C(/C)c1cc(-c2ccccc2)cc(-n2c3ccccc3c3c4sc5ccccc5c4ccc32)c1. The summed E-state index contributed by atoms with van der Waals surface area (Å²) >= 11 is 1.90. The van der Waals surface area contributed by atoms with Gasteiger partial charge in [-0.05, 0) is 72.0 Å². The first kappa shape index (κ1) is 23.7. The molecule has 0 radical (unpaired) electrons. The highest BCUT2D eigenvalue weighted by atomic mass is 32.1. The molecule has 0 spiro atoms. The van der Waals surface area contributed by atoms with Crippen LogP contribution in [0.4, 0.5) is 0 Å². The van der Waals surface area contributed by atoms with Gasteiger partial charge in [0.15, 0.2) is 0 Å². The second-order valence-corrected chi connectivity index (χ2v) is 11.2. The Morgan fingerprint density at radius 2 is 1.49 bits per heavy atom. The van der Waals surface area contributed by atoms with E-state index in [1.54, 1.807) is 0 Å². The number of allylic oxidation sites excluding steroid dienone is 4. The van der Waals surface area contributed by atoms with Crippen molar-refractivity contribution in [2.45, 2.75) is 20.3 Å². The lowest BCUT2D eigenvalue weighted by atomic mass is 9.98. The zero-order valence-corrected chi connectivity index (χ0v) is 23.0. The van der Waals surface area contributed by atoms with E-state index in [0.717, 1.165) is 6.42 Å². The van der Waals surface area contributed by atoms with Gasteiger partial charge >= 0.3 is 0 Å². The van der Waals surface area contributed by atoms with Crippen LogP contribution in [0.3, 0.4) is 0 Å². The van der Waals surface area contributed by atoms with Crippen LogP contribution in [-0.4, -0.2) is 4.57 Å². The summed E-state index contributed by atoms with van der Waals surface area (Å²) in [6.45, 7) is 4.38. The minimum atomic E-state index is 1.03. The van der Waals surface area contributed by atoms with E-state index in [0.29, 0.717) is 0 Å². The summed E-state index contributed by atoms with van der Waals surface area (Å²) in [6.07, 6.45) is 7.63. The van der Waals surface area contributed by atoms with Gasteiger partial charge < -0.3 is 4.57 Å². The van der Waals surface area contributed by atoms with Crippen LogP contribution in [0.25, 0.3) is 64.4 Å². The Hall–Kier alpha value is -4.40. The highest BCUT2D eigenvalue weighted by Crippen LogP contribution is 2.43. The molecular formula is C37H29NS. The molecule has 0 aliphatic carbocycles. The molecule has 1 nitrogen and oxygen atoms in total. The molecule has 39 heavy (non-hydrogen) atoms. The summed E-state index contributed by atoms with van der Waals surface area (Å²) in [5.41, 5.74) is 8.62. The van der Waals surface area contributed by atoms with Crippen molar-refractivity contribution < 1.29 is 0 Å². The highest BCUT2D eigenvalue weighted by Gasteiger charge is 2.18. The summed E-state index contributed by atoms with van der Waals surface area (Å²) in [7, 11) is 0. The normalized spacial score (nSPS) is 12.5. The van der Waals surface area contributed by atoms with Crippen LogP contribution in [-0.2, 0) is 0 Å². The summed E-state index contributed by atoms with van der Waals surface area (Å²) in [5.74, 6) is 0. The monoisotopic (exact) mass is 519 g/mol. The molecule has 0 unspecified atom stereocenters. The predicted octanol–water partition coefficient (Wildman–Crippen LogP) is 11.2. The van der Waals surface area contributed by atoms with E-state index in [1.807, 2.05) is 11.3 Å². The lowest BCUT2D eigenvalue weighted by molar-refractivity contribution is 1.18. The van der Waals surface area contributed by atoms with Crippen molar-refractivity contribution in [3.05, 3.63) is 133 Å². The number of hydrogen-bond acceptors (Lipinski definition) is 1. The van der Waals surface area contributed by atoms with E-state index in [4.69, 9.17) is 0 Å². The topological polar surface area (TPSA) is 4.93 Å². The van der Waals surface area contributed by atoms with Crippen LogP contribution in [0.15, 0.2) is 127 Å². The molecule has 0 saturated carbocycles. The molecule has 0 aliphatic heterocycles. The smallest absolute Gasteiger partial charge is 0.0555 e. The third kappa shape index (κ3) is 4.00. The Labute approximate surface area is 233 Å². The zero-order chi connectivity index (χ0) is 26.3. The van der Waals surface area contributed by atoms with Gasteiger partial charge in [-0.15, -0.1) is 11.3 Å². The number of nitrogens with zero attached hydrogens (tertiary/aromatic N) is 1. The minimum absolute atomic E-state index is 1.03. The van der Waals surface area contributed by atoms with Crippen LogP contribution < -0.4 is 0 Å². The Kier molecular flexibility index (Phi) is 5.91. The lowest BCUT2D eigenvalue weighted by Crippen LogP contribution is -1.96. The van der Waals surface area contributed by atoms with Gasteiger partial charge in [-0.3, -0.25) is 0 Å². The molecule has 2 aromatic heterocycles. The second kappa shape index (κ2) is 9.72. The fourth-order valence-corrected chi connectivity index (χ4v) is 6.98. The molecule has 0 bridgehead atoms. The molecule has 0 fully saturated rings. The van der Waals surface area contributed by atoms with E-state index >= 15 is 0 Å². The maximum absolute atomic E-state index is 2.46. The molecule has 188 valence electrons. The average molecular weight is 520 g/mol. The first-order valence-electron chi connectivity index (χ1n) is 13.6. The summed E-state index contributed by atoms with van der Waals surface area (Å²) in [6, 6.07) is 40.0. The number of thiophene rings is 1. The number of aromatic nitrogens is 1. The quantitative estimate of drug-likeness (QED) is 0.199. The Morgan fingerprint density at radius 1 is 0.718 bits per heavy atom. The number of rotatable bonds is 5. The summed E-state index contributed by atoms with van der Waals surface area (Å²) in [5, 5.41) is 5.32. The third-order valence-electron chi connectivity index (χ3n) is 7.64. The van der Waals surface area contributed by atoms with Gasteiger partial charge in [-0.1, -0.05) is 97.9 Å². The van der Waals surface area contributed by atoms with Crippen molar-refractivity contribution in [3.8, 4) is 16.8 Å². The van der Waals surface area contributed by atoms with Gasteiger partial charge in [-0.25, -0.2) is 0 Å². The maximum atomic E-state index is 2.46. The van der Waals surface area contributed by atoms with E-state index in [1.165, 1.54) is 69.9 Å². The fourth-order valence-electron chi connectivity index (χ4n) is 5.72. The average Bonchev–Trinajstić information content (AvgIpc) is 3.53. The first-order chi connectivity index (χ1) is 19.2. The lowest BCUT2D eigenvalue weighted by Gasteiger charge is -2.14. The largest absolute Gasteiger partial charge is 0.309 e. The van der Waals surface area contributed by atoms with Crippen LogP contribution in [0.5, 0.6) is 0 Å². The van der Waals surface area contributed by atoms with E-state index < -0.39 is 0 Å². The van der Waals surface area contributed by atoms with Gasteiger partial charge in [0.1, 0.15) is 0 Å². The highest BCUT2D eigenvalue weighted by molar-refractivity contribution is 7.26. The summed E-state index contributed by atoms with van der Waals surface area (Å²) < 4.78 is 5.16. The Balaban J connectivity index is 1.56. The molecule has 0 aliphatic rings. The Morgan fingerprint density at radius 3 is 2.33 bits per heavy atom. The minimum Gasteiger partial charge on any atom is -0.309 e. The van der Waals surface area contributed by atoms with Crippen molar-refractivity contribution in [3.63, 3.8) is 0 Å². The molecule has 0 N–H and O–H groups in total. The number of benzene rings is 5. The van der Waals surface area contributed by atoms with Gasteiger partial charge in [-0.2, -0.15) is 0 Å². The number of para-hydroxylation sites is 1. The van der Waals surface area contributed by atoms with Crippen molar-refractivity contribution in [2.75, 3.05) is 0 Å². The molecule has 7 rings (SSSR count). The van der Waals surface area contributed by atoms with Crippen LogP contribution in [0.1, 0.15) is 25.8 Å². The molecule has 0 amide bonds. The molecule has 7 aromatic rings. The summed E-state index contributed by atoms with van der Waals surface area (Å²) in [4.78, 5) is 0. The van der Waals surface area contributed by atoms with Crippen molar-refractivity contribution in [1.82, 2.24) is 4.57 Å². The van der Waals surface area contributed by atoms with Crippen LogP contribution >= 0.6 is 11.3 Å².